The van der Waals surface area contributed by atoms with Crippen LogP contribution in [-0.4, -0.2) is 10.2 Å². The van der Waals surface area contributed by atoms with E-state index in [-0.39, 0.29) is 0 Å². The van der Waals surface area contributed by atoms with Crippen LogP contribution in [0.2, 0.25) is 0 Å². The number of pyridine rings is 1. The molecule has 2 N–H and O–H groups in total. The Labute approximate surface area is 107 Å². The van der Waals surface area contributed by atoms with E-state index in [1.807, 2.05) is 6.20 Å². The number of benzene rings is 1. The van der Waals surface area contributed by atoms with Crippen LogP contribution < -0.4 is 4.98 Å². The Hall–Kier alpha value is -2.20. The van der Waals surface area contributed by atoms with Crippen LogP contribution in [0.1, 0.15) is 0 Å². The van der Waals surface area contributed by atoms with Crippen molar-refractivity contribution in [1.82, 2.24) is 10.2 Å². The number of fused-ring (bicyclic) bond motifs is 3. The molecule has 0 aliphatic heterocycles. The van der Waals surface area contributed by atoms with Gasteiger partial charge in [0.1, 0.15) is 0 Å². The number of aromatic nitrogens is 3. The Balaban J connectivity index is 2.08. The second kappa shape index (κ2) is 3.65. The number of aromatic amines is 2. The lowest BCUT2D eigenvalue weighted by Gasteiger charge is -1.96. The average molecular weight is 252 g/mol. The minimum atomic E-state index is 1.06. The zero-order valence-electron chi connectivity index (χ0n) is 9.47. The molecule has 0 bridgehead atoms. The van der Waals surface area contributed by atoms with Crippen molar-refractivity contribution in [2.45, 2.75) is 0 Å². The smallest absolute Gasteiger partial charge is 0.222 e. The van der Waals surface area contributed by atoms with Gasteiger partial charge < -0.3 is 0 Å². The Bertz CT molecular complexity index is 831. The van der Waals surface area contributed by atoms with Gasteiger partial charge in [-0.1, -0.05) is 6.07 Å². The molecular weight excluding hydrogens is 242 g/mol. The minimum Gasteiger partial charge on any atom is -0.278 e. The van der Waals surface area contributed by atoms with Gasteiger partial charge in [0, 0.05) is 11.5 Å². The second-order valence-electron chi connectivity index (χ2n) is 4.21. The van der Waals surface area contributed by atoms with E-state index in [0.717, 1.165) is 22.1 Å². The molecule has 0 saturated heterocycles. The molecule has 4 rings (SSSR count). The number of rotatable bonds is 1. The van der Waals surface area contributed by atoms with E-state index in [1.54, 1.807) is 11.3 Å². The highest BCUT2D eigenvalue weighted by Gasteiger charge is 2.12. The Morgan fingerprint density at radius 1 is 1.11 bits per heavy atom. The van der Waals surface area contributed by atoms with E-state index in [2.05, 4.69) is 57.0 Å². The number of nitrogens with one attached hydrogen (secondary N) is 2. The van der Waals surface area contributed by atoms with Gasteiger partial charge in [-0.2, -0.15) is 5.10 Å². The number of hydrogen-bond acceptors (Lipinski definition) is 2. The van der Waals surface area contributed by atoms with Gasteiger partial charge in [0.2, 0.25) is 11.2 Å². The summed E-state index contributed by atoms with van der Waals surface area (Å²) in [5, 5.41) is 11.5. The highest BCUT2D eigenvalue weighted by molar-refractivity contribution is 7.13. The molecule has 3 nitrogen and oxygen atoms in total. The SMILES string of the molecule is c1csc(-c2ccc3ccc4[nH]ncc4c3[nH+]2)c1. The van der Waals surface area contributed by atoms with Gasteiger partial charge in [-0.25, -0.2) is 4.98 Å². The first-order valence-electron chi connectivity index (χ1n) is 5.74. The maximum Gasteiger partial charge on any atom is 0.222 e. The van der Waals surface area contributed by atoms with Crippen LogP contribution in [0.25, 0.3) is 32.4 Å². The third-order valence-electron chi connectivity index (χ3n) is 3.13. The Morgan fingerprint density at radius 2 is 2.06 bits per heavy atom. The molecule has 0 unspecified atom stereocenters. The molecule has 86 valence electrons. The Morgan fingerprint density at radius 3 is 2.94 bits per heavy atom. The molecule has 0 saturated carbocycles. The van der Waals surface area contributed by atoms with Crippen LogP contribution in [0.3, 0.4) is 0 Å². The summed E-state index contributed by atoms with van der Waals surface area (Å²) in [6.07, 6.45) is 1.87. The summed E-state index contributed by atoms with van der Waals surface area (Å²) in [5.41, 5.74) is 3.33. The van der Waals surface area contributed by atoms with Crippen molar-refractivity contribution in [3.8, 4) is 10.6 Å². The molecule has 3 heterocycles. The van der Waals surface area contributed by atoms with Crippen molar-refractivity contribution >= 4 is 33.1 Å². The fraction of sp³-hybridized carbons (Fsp3) is 0. The molecule has 4 heteroatoms. The van der Waals surface area contributed by atoms with Gasteiger partial charge >= 0.3 is 0 Å². The van der Waals surface area contributed by atoms with Gasteiger partial charge in [0.05, 0.1) is 22.0 Å². The lowest BCUT2D eigenvalue weighted by molar-refractivity contribution is -0.329. The van der Waals surface area contributed by atoms with Gasteiger partial charge in [-0.15, -0.1) is 11.3 Å². The minimum absolute atomic E-state index is 1.06. The van der Waals surface area contributed by atoms with Crippen LogP contribution in [0.5, 0.6) is 0 Å². The first-order valence-corrected chi connectivity index (χ1v) is 6.62. The molecule has 1 aromatic carbocycles. The summed E-state index contributed by atoms with van der Waals surface area (Å²) >= 11 is 1.74. The van der Waals surface area contributed by atoms with Crippen molar-refractivity contribution < 1.29 is 4.98 Å². The van der Waals surface area contributed by atoms with Gasteiger partial charge in [0.15, 0.2) is 0 Å². The number of H-pyrrole nitrogens is 2. The topological polar surface area (TPSA) is 42.8 Å². The summed E-state index contributed by atoms with van der Waals surface area (Å²) < 4.78 is 0. The number of nitrogens with zero attached hydrogens (tertiary/aromatic N) is 1. The third-order valence-corrected chi connectivity index (χ3v) is 4.04. The molecule has 3 aromatic heterocycles. The highest BCUT2D eigenvalue weighted by atomic mass is 32.1. The lowest BCUT2D eigenvalue weighted by atomic mass is 10.1. The molecule has 0 spiro atoms. The standard InChI is InChI=1S/C14H9N3S/c1-2-13(18-7-1)12-6-4-9-3-5-11-10(8-15-17-11)14(9)16-12/h1-8H,(H,15,17)/p+1. The fourth-order valence-corrected chi connectivity index (χ4v) is 2.94. The molecular formula is C14H10N3S+. The van der Waals surface area contributed by atoms with Gasteiger partial charge in [-0.05, 0) is 29.6 Å². The quantitative estimate of drug-likeness (QED) is 0.555. The van der Waals surface area contributed by atoms with Gasteiger partial charge in [0.25, 0.3) is 0 Å². The Kier molecular flexibility index (Phi) is 1.98. The average Bonchev–Trinajstić information content (AvgIpc) is 3.09. The zero-order chi connectivity index (χ0) is 11.9. The van der Waals surface area contributed by atoms with Crippen molar-refractivity contribution in [3.63, 3.8) is 0 Å². The van der Waals surface area contributed by atoms with E-state index in [4.69, 9.17) is 0 Å². The molecule has 0 radical (unpaired) electrons. The van der Waals surface area contributed by atoms with E-state index in [0.29, 0.717) is 0 Å². The third kappa shape index (κ3) is 1.36. The molecule has 0 aliphatic rings. The van der Waals surface area contributed by atoms with Crippen molar-refractivity contribution in [1.29, 1.82) is 0 Å². The lowest BCUT2D eigenvalue weighted by Crippen LogP contribution is -2.07. The first kappa shape index (κ1) is 9.79. The molecule has 18 heavy (non-hydrogen) atoms. The van der Waals surface area contributed by atoms with Crippen molar-refractivity contribution in [2.24, 2.45) is 0 Å². The molecule has 0 atom stereocenters. The number of thiophene rings is 1. The molecule has 0 fully saturated rings. The van der Waals surface area contributed by atoms with Gasteiger partial charge in [-0.3, -0.25) is 5.10 Å². The highest BCUT2D eigenvalue weighted by Crippen LogP contribution is 2.25. The van der Waals surface area contributed by atoms with Crippen LogP contribution in [0.15, 0.2) is 48.0 Å². The fourth-order valence-electron chi connectivity index (χ4n) is 2.24. The van der Waals surface area contributed by atoms with E-state index >= 15 is 0 Å². The second-order valence-corrected chi connectivity index (χ2v) is 5.16. The molecule has 4 aromatic rings. The van der Waals surface area contributed by atoms with Crippen LogP contribution in [0.4, 0.5) is 0 Å². The number of hydrogen-bond donors (Lipinski definition) is 1. The van der Waals surface area contributed by atoms with Crippen molar-refractivity contribution in [3.05, 3.63) is 48.0 Å². The normalized spacial score (nSPS) is 11.3. The predicted octanol–water partition coefficient (Wildman–Crippen LogP) is 3.26. The summed E-state index contributed by atoms with van der Waals surface area (Å²) in [6.45, 7) is 0. The summed E-state index contributed by atoms with van der Waals surface area (Å²) in [5.74, 6) is 0. The van der Waals surface area contributed by atoms with Crippen LogP contribution in [-0.2, 0) is 0 Å². The molecule has 0 amide bonds. The summed E-state index contributed by atoms with van der Waals surface area (Å²) in [7, 11) is 0. The monoisotopic (exact) mass is 252 g/mol. The first-order chi connectivity index (χ1) is 8.92. The maximum absolute atomic E-state index is 4.10. The van der Waals surface area contributed by atoms with Crippen LogP contribution >= 0.6 is 11.3 Å². The van der Waals surface area contributed by atoms with E-state index < -0.39 is 0 Å². The van der Waals surface area contributed by atoms with E-state index in [1.165, 1.54) is 10.3 Å². The molecule has 0 aliphatic carbocycles. The predicted molar refractivity (Wildman–Crippen MR) is 73.5 cm³/mol. The van der Waals surface area contributed by atoms with Crippen molar-refractivity contribution in [2.75, 3.05) is 0 Å². The van der Waals surface area contributed by atoms with Crippen LogP contribution in [0, 0.1) is 0 Å². The zero-order valence-corrected chi connectivity index (χ0v) is 10.3. The summed E-state index contributed by atoms with van der Waals surface area (Å²) in [4.78, 5) is 4.76. The maximum atomic E-state index is 4.10. The largest absolute Gasteiger partial charge is 0.278 e. The summed E-state index contributed by atoms with van der Waals surface area (Å²) in [6, 6.07) is 12.6. The van der Waals surface area contributed by atoms with E-state index in [9.17, 15) is 0 Å².